The van der Waals surface area contributed by atoms with E-state index in [1.54, 1.807) is 0 Å². The van der Waals surface area contributed by atoms with Gasteiger partial charge in [0.25, 0.3) is 0 Å². The number of hydrogen-bond donors (Lipinski definition) is 1. The van der Waals surface area contributed by atoms with E-state index in [1.807, 2.05) is 32.0 Å². The SMILES string of the molecule is CC(C)(CCCC1CCN(c2ccc3cc(Cl)ccc3n2)CC1)OC(N)=O. The molecule has 6 heteroatoms. The van der Waals surface area contributed by atoms with Gasteiger partial charge in [-0.1, -0.05) is 18.0 Å². The fraction of sp³-hybridized carbons (Fsp3) is 0.524. The lowest BCUT2D eigenvalue weighted by atomic mass is 9.89. The summed E-state index contributed by atoms with van der Waals surface area (Å²) in [5, 5.41) is 1.81. The third-order valence-electron chi connectivity index (χ3n) is 5.34. The van der Waals surface area contributed by atoms with Crippen LogP contribution in [0.4, 0.5) is 10.6 Å². The number of pyridine rings is 1. The first-order chi connectivity index (χ1) is 12.8. The molecule has 1 aliphatic rings. The molecule has 0 aliphatic carbocycles. The molecule has 0 spiro atoms. The van der Waals surface area contributed by atoms with Gasteiger partial charge < -0.3 is 15.4 Å². The zero-order valence-corrected chi connectivity index (χ0v) is 16.8. The molecule has 5 nitrogen and oxygen atoms in total. The number of primary amides is 1. The molecule has 1 aromatic carbocycles. The highest BCUT2D eigenvalue weighted by atomic mass is 35.5. The number of benzene rings is 1. The Morgan fingerprint density at radius 2 is 2.04 bits per heavy atom. The fourth-order valence-electron chi connectivity index (χ4n) is 3.85. The van der Waals surface area contributed by atoms with Gasteiger partial charge >= 0.3 is 6.09 Å². The number of piperidine rings is 1. The molecule has 3 rings (SSSR count). The number of carbonyl (C=O) groups is 1. The van der Waals surface area contributed by atoms with Gasteiger partial charge in [-0.25, -0.2) is 9.78 Å². The van der Waals surface area contributed by atoms with E-state index in [2.05, 4.69) is 17.0 Å². The van der Waals surface area contributed by atoms with Crippen LogP contribution in [0.5, 0.6) is 0 Å². The minimum atomic E-state index is -0.696. The summed E-state index contributed by atoms with van der Waals surface area (Å²) in [4.78, 5) is 18.1. The first-order valence-electron chi connectivity index (χ1n) is 9.62. The van der Waals surface area contributed by atoms with Crippen LogP contribution >= 0.6 is 11.6 Å². The first kappa shape index (κ1) is 19.7. The van der Waals surface area contributed by atoms with Crippen LogP contribution in [-0.4, -0.2) is 29.8 Å². The van der Waals surface area contributed by atoms with Gasteiger partial charge in [-0.2, -0.15) is 0 Å². The molecule has 1 saturated heterocycles. The summed E-state index contributed by atoms with van der Waals surface area (Å²) >= 11 is 6.05. The van der Waals surface area contributed by atoms with Gasteiger partial charge in [0, 0.05) is 23.5 Å². The smallest absolute Gasteiger partial charge is 0.405 e. The third-order valence-corrected chi connectivity index (χ3v) is 5.58. The lowest BCUT2D eigenvalue weighted by Gasteiger charge is -2.33. The van der Waals surface area contributed by atoms with Crippen LogP contribution in [0.15, 0.2) is 30.3 Å². The van der Waals surface area contributed by atoms with Crippen LogP contribution in [0.1, 0.15) is 46.0 Å². The Morgan fingerprint density at radius 1 is 1.30 bits per heavy atom. The minimum absolute atomic E-state index is 0.482. The molecule has 2 heterocycles. The molecular weight excluding hydrogens is 362 g/mol. The second-order valence-electron chi connectivity index (χ2n) is 8.01. The number of halogens is 1. The Kier molecular flexibility index (Phi) is 6.10. The molecule has 1 amide bonds. The van der Waals surface area contributed by atoms with Crippen LogP contribution in [0, 0.1) is 5.92 Å². The number of fused-ring (bicyclic) bond motifs is 1. The van der Waals surface area contributed by atoms with E-state index in [1.165, 1.54) is 0 Å². The summed E-state index contributed by atoms with van der Waals surface area (Å²) in [5.41, 5.74) is 5.63. The second kappa shape index (κ2) is 8.34. The summed E-state index contributed by atoms with van der Waals surface area (Å²) in [6.07, 6.45) is 4.67. The summed E-state index contributed by atoms with van der Waals surface area (Å²) in [6.45, 7) is 5.88. The molecule has 146 valence electrons. The quantitative estimate of drug-likeness (QED) is 0.741. The third kappa shape index (κ3) is 5.48. The normalized spacial score (nSPS) is 15.9. The summed E-state index contributed by atoms with van der Waals surface area (Å²) in [5.74, 6) is 1.75. The Labute approximate surface area is 165 Å². The maximum atomic E-state index is 10.9. The van der Waals surface area contributed by atoms with Gasteiger partial charge in [0.05, 0.1) is 5.52 Å². The van der Waals surface area contributed by atoms with E-state index in [0.29, 0.717) is 5.92 Å². The van der Waals surface area contributed by atoms with Crippen LogP contribution in [0.3, 0.4) is 0 Å². The largest absolute Gasteiger partial charge is 0.444 e. The zero-order valence-electron chi connectivity index (χ0n) is 16.1. The molecular formula is C21H28ClN3O2. The van der Waals surface area contributed by atoms with Gasteiger partial charge in [0.15, 0.2) is 0 Å². The number of rotatable bonds is 6. The Bertz CT molecular complexity index is 801. The van der Waals surface area contributed by atoms with Gasteiger partial charge in [0.2, 0.25) is 0 Å². The van der Waals surface area contributed by atoms with E-state index < -0.39 is 11.7 Å². The first-order valence-corrected chi connectivity index (χ1v) is 10.00. The summed E-state index contributed by atoms with van der Waals surface area (Å²) < 4.78 is 5.16. The van der Waals surface area contributed by atoms with E-state index in [9.17, 15) is 4.79 Å². The Morgan fingerprint density at radius 3 is 2.74 bits per heavy atom. The highest BCUT2D eigenvalue weighted by Gasteiger charge is 2.24. The predicted molar refractivity (Wildman–Crippen MR) is 110 cm³/mol. The van der Waals surface area contributed by atoms with Crippen LogP contribution in [-0.2, 0) is 4.74 Å². The fourth-order valence-corrected chi connectivity index (χ4v) is 4.03. The van der Waals surface area contributed by atoms with E-state index in [4.69, 9.17) is 27.1 Å². The summed E-state index contributed by atoms with van der Waals surface area (Å²) in [7, 11) is 0. The number of amides is 1. The van der Waals surface area contributed by atoms with Crippen molar-refractivity contribution in [3.8, 4) is 0 Å². The van der Waals surface area contributed by atoms with Crippen molar-refractivity contribution in [1.29, 1.82) is 0 Å². The number of nitrogens with two attached hydrogens (primary N) is 1. The number of carbonyl (C=O) groups excluding carboxylic acids is 1. The molecule has 0 radical (unpaired) electrons. The molecule has 0 unspecified atom stereocenters. The number of anilines is 1. The monoisotopic (exact) mass is 389 g/mol. The Balaban J connectivity index is 1.49. The van der Waals surface area contributed by atoms with Crippen molar-refractivity contribution < 1.29 is 9.53 Å². The maximum Gasteiger partial charge on any atom is 0.405 e. The summed E-state index contributed by atoms with van der Waals surface area (Å²) in [6, 6.07) is 9.99. The highest BCUT2D eigenvalue weighted by molar-refractivity contribution is 6.31. The molecule has 0 atom stereocenters. The van der Waals surface area contributed by atoms with E-state index in [0.717, 1.165) is 66.9 Å². The molecule has 0 bridgehead atoms. The van der Waals surface area contributed by atoms with E-state index >= 15 is 0 Å². The standard InChI is InChI=1S/C21H28ClN3O2/c1-21(2,27-20(23)26)11-3-4-15-9-12-25(13-10-15)19-8-5-16-14-17(22)6-7-18(16)24-19/h5-8,14-15H,3-4,9-13H2,1-2H3,(H2,23,26). The minimum Gasteiger partial charge on any atom is -0.444 e. The lowest BCUT2D eigenvalue weighted by Crippen LogP contribution is -2.34. The number of nitrogens with zero attached hydrogens (tertiary/aromatic N) is 2. The zero-order chi connectivity index (χ0) is 19.4. The second-order valence-corrected chi connectivity index (χ2v) is 8.45. The molecule has 1 aromatic heterocycles. The topological polar surface area (TPSA) is 68.5 Å². The van der Waals surface area contributed by atoms with Crippen molar-refractivity contribution >= 4 is 34.4 Å². The molecule has 0 saturated carbocycles. The van der Waals surface area contributed by atoms with Gasteiger partial charge in [-0.15, -0.1) is 0 Å². The predicted octanol–water partition coefficient (Wildman–Crippen LogP) is 5.15. The average Bonchev–Trinajstić information content (AvgIpc) is 2.60. The number of ether oxygens (including phenoxy) is 1. The molecule has 1 fully saturated rings. The van der Waals surface area contributed by atoms with Crippen molar-refractivity contribution in [2.45, 2.75) is 51.6 Å². The molecule has 2 N–H and O–H groups in total. The van der Waals surface area contributed by atoms with Crippen molar-refractivity contribution in [3.05, 3.63) is 35.4 Å². The van der Waals surface area contributed by atoms with Crippen LogP contribution < -0.4 is 10.6 Å². The number of aromatic nitrogens is 1. The van der Waals surface area contributed by atoms with Crippen molar-refractivity contribution in [2.75, 3.05) is 18.0 Å². The maximum absolute atomic E-state index is 10.9. The van der Waals surface area contributed by atoms with Gasteiger partial charge in [0.1, 0.15) is 11.4 Å². The molecule has 2 aromatic rings. The van der Waals surface area contributed by atoms with Crippen molar-refractivity contribution in [1.82, 2.24) is 4.98 Å². The van der Waals surface area contributed by atoms with Crippen LogP contribution in [0.25, 0.3) is 10.9 Å². The van der Waals surface area contributed by atoms with Crippen molar-refractivity contribution in [2.24, 2.45) is 11.7 Å². The average molecular weight is 390 g/mol. The highest BCUT2D eigenvalue weighted by Crippen LogP contribution is 2.29. The lowest BCUT2D eigenvalue weighted by molar-refractivity contribution is 0.0362. The number of hydrogen-bond acceptors (Lipinski definition) is 4. The molecule has 27 heavy (non-hydrogen) atoms. The molecule has 1 aliphatic heterocycles. The van der Waals surface area contributed by atoms with Gasteiger partial charge in [-0.05, 0) is 75.8 Å². The van der Waals surface area contributed by atoms with E-state index in [-0.39, 0.29) is 0 Å². The van der Waals surface area contributed by atoms with Gasteiger partial charge in [-0.3, -0.25) is 0 Å². The Hall–Kier alpha value is -2.01. The van der Waals surface area contributed by atoms with Crippen molar-refractivity contribution in [3.63, 3.8) is 0 Å². The van der Waals surface area contributed by atoms with Crippen LogP contribution in [0.2, 0.25) is 5.02 Å².